The lowest BCUT2D eigenvalue weighted by Crippen LogP contribution is -2.24. The van der Waals surface area contributed by atoms with Crippen molar-refractivity contribution in [3.8, 4) is 0 Å². The molecule has 0 atom stereocenters. The average Bonchev–Trinajstić information content (AvgIpc) is 3.16. The second-order valence-corrected chi connectivity index (χ2v) is 7.37. The Bertz CT molecular complexity index is 1090. The fraction of sp³-hybridized carbons (Fsp3) is 0.300. The molecule has 0 fully saturated rings. The van der Waals surface area contributed by atoms with Crippen molar-refractivity contribution in [1.82, 2.24) is 9.55 Å². The molecule has 8 nitrogen and oxygen atoms in total. The molecule has 0 bridgehead atoms. The van der Waals surface area contributed by atoms with Gasteiger partial charge in [0, 0.05) is 13.2 Å². The molecule has 2 aromatic heterocycles. The lowest BCUT2D eigenvalue weighted by Gasteiger charge is -2.13. The van der Waals surface area contributed by atoms with E-state index in [1.807, 2.05) is 26.0 Å². The van der Waals surface area contributed by atoms with Gasteiger partial charge in [-0.2, -0.15) is 0 Å². The van der Waals surface area contributed by atoms with Gasteiger partial charge >= 0.3 is 5.88 Å². The third kappa shape index (κ3) is 5.33. The number of nitrogens with zero attached hydrogens (tertiary/aromatic N) is 3. The lowest BCUT2D eigenvalue weighted by atomic mass is 10.2. The number of fused-ring (bicyclic) bond motifs is 1. The van der Waals surface area contributed by atoms with Gasteiger partial charge in [0.15, 0.2) is 5.16 Å². The summed E-state index contributed by atoms with van der Waals surface area (Å²) in [6.07, 6.45) is 2.42. The molecule has 9 heteroatoms. The monoisotopic (exact) mass is 415 g/mol. The molecule has 0 aliphatic carbocycles. The Kier molecular flexibility index (Phi) is 6.84. The summed E-state index contributed by atoms with van der Waals surface area (Å²) in [5, 5.41) is 13.5. The largest absolute Gasteiger partial charge is 0.433 e. The van der Waals surface area contributed by atoms with E-state index in [0.29, 0.717) is 41.4 Å². The zero-order chi connectivity index (χ0) is 20.8. The van der Waals surface area contributed by atoms with Crippen LogP contribution < -0.4 is 5.56 Å². The highest BCUT2D eigenvalue weighted by molar-refractivity contribution is 8.02. The summed E-state index contributed by atoms with van der Waals surface area (Å²) < 4.78 is 12.3. The lowest BCUT2D eigenvalue weighted by molar-refractivity contribution is -0.402. The molecule has 0 aliphatic rings. The summed E-state index contributed by atoms with van der Waals surface area (Å²) in [5.74, 6) is 0.0322. The number of nitro groups is 1. The van der Waals surface area contributed by atoms with Gasteiger partial charge in [0.25, 0.3) is 5.56 Å². The normalized spacial score (nSPS) is 11.7. The average molecular weight is 415 g/mol. The van der Waals surface area contributed by atoms with E-state index in [4.69, 9.17) is 9.15 Å². The third-order valence-corrected chi connectivity index (χ3v) is 4.80. The first-order valence-electron chi connectivity index (χ1n) is 9.14. The fourth-order valence-electron chi connectivity index (χ4n) is 2.67. The minimum atomic E-state index is -0.591. The molecule has 0 radical (unpaired) electrons. The van der Waals surface area contributed by atoms with Crippen molar-refractivity contribution in [3.05, 3.63) is 68.0 Å². The number of rotatable bonds is 9. The van der Waals surface area contributed by atoms with Crippen molar-refractivity contribution in [2.45, 2.75) is 38.1 Å². The van der Waals surface area contributed by atoms with Gasteiger partial charge in [-0.25, -0.2) is 4.98 Å². The molecule has 0 aliphatic heterocycles. The van der Waals surface area contributed by atoms with Crippen LogP contribution in [0.3, 0.4) is 0 Å². The van der Waals surface area contributed by atoms with Crippen LogP contribution in [0.25, 0.3) is 17.0 Å². The van der Waals surface area contributed by atoms with E-state index in [9.17, 15) is 14.9 Å². The number of hydrogen-bond donors (Lipinski definition) is 0. The summed E-state index contributed by atoms with van der Waals surface area (Å²) >= 11 is 1.25. The van der Waals surface area contributed by atoms with E-state index < -0.39 is 4.92 Å². The van der Waals surface area contributed by atoms with Gasteiger partial charge in [0.2, 0.25) is 0 Å². The van der Waals surface area contributed by atoms with Crippen LogP contribution in [0.15, 0.2) is 56.2 Å². The molecule has 0 saturated heterocycles. The number of hydrogen-bond acceptors (Lipinski definition) is 7. The Morgan fingerprint density at radius 2 is 2.10 bits per heavy atom. The Morgan fingerprint density at radius 3 is 2.83 bits per heavy atom. The summed E-state index contributed by atoms with van der Waals surface area (Å²) in [6, 6.07) is 10.0. The zero-order valence-electron chi connectivity index (χ0n) is 16.1. The molecule has 0 spiro atoms. The molecule has 0 N–H and O–H groups in total. The second kappa shape index (κ2) is 9.53. The first-order chi connectivity index (χ1) is 14.0. The Morgan fingerprint density at radius 1 is 1.31 bits per heavy atom. The third-order valence-electron chi connectivity index (χ3n) is 4.00. The number of benzene rings is 1. The van der Waals surface area contributed by atoms with Crippen molar-refractivity contribution in [3.63, 3.8) is 0 Å². The molecule has 3 rings (SSSR count). The van der Waals surface area contributed by atoms with Gasteiger partial charge in [0.1, 0.15) is 10.7 Å². The van der Waals surface area contributed by atoms with Crippen LogP contribution >= 0.6 is 11.8 Å². The van der Waals surface area contributed by atoms with Crippen molar-refractivity contribution in [2.75, 3.05) is 6.61 Å². The number of ether oxygens (including phenoxy) is 1. The number of para-hydroxylation sites is 1. The van der Waals surface area contributed by atoms with Crippen molar-refractivity contribution >= 4 is 34.6 Å². The van der Waals surface area contributed by atoms with E-state index in [2.05, 4.69) is 4.98 Å². The smallest absolute Gasteiger partial charge is 0.401 e. The maximum atomic E-state index is 12.9. The zero-order valence-corrected chi connectivity index (χ0v) is 16.9. The maximum absolute atomic E-state index is 12.9. The number of thioether (sulfide) groups is 1. The molecular formula is C20H21N3O5S. The van der Waals surface area contributed by atoms with Gasteiger partial charge in [-0.3, -0.25) is 19.5 Å². The van der Waals surface area contributed by atoms with Crippen LogP contribution in [0.4, 0.5) is 5.88 Å². The minimum Gasteiger partial charge on any atom is -0.401 e. The summed E-state index contributed by atoms with van der Waals surface area (Å²) in [7, 11) is 0. The summed E-state index contributed by atoms with van der Waals surface area (Å²) in [6.45, 7) is 4.96. The minimum absolute atomic E-state index is 0.107. The van der Waals surface area contributed by atoms with Crippen molar-refractivity contribution in [1.29, 1.82) is 0 Å². The highest BCUT2D eigenvalue weighted by Gasteiger charge is 2.12. The fourth-order valence-corrected chi connectivity index (χ4v) is 3.44. The van der Waals surface area contributed by atoms with Crippen LogP contribution in [0.1, 0.15) is 26.0 Å². The van der Waals surface area contributed by atoms with Gasteiger partial charge in [0.05, 0.1) is 23.1 Å². The highest BCUT2D eigenvalue weighted by atomic mass is 32.2. The Hall–Kier alpha value is -2.91. The summed E-state index contributed by atoms with van der Waals surface area (Å²) in [4.78, 5) is 27.7. The van der Waals surface area contributed by atoms with E-state index >= 15 is 0 Å². The van der Waals surface area contributed by atoms with Crippen LogP contribution in [0.5, 0.6) is 0 Å². The molecule has 29 heavy (non-hydrogen) atoms. The molecule has 0 unspecified atom stereocenters. The number of furan rings is 1. The van der Waals surface area contributed by atoms with Gasteiger partial charge < -0.3 is 9.15 Å². The van der Waals surface area contributed by atoms with Gasteiger partial charge in [-0.15, -0.1) is 0 Å². The maximum Gasteiger partial charge on any atom is 0.433 e. The first-order valence-corrected chi connectivity index (χ1v) is 10.0. The second-order valence-electron chi connectivity index (χ2n) is 6.50. The first kappa shape index (κ1) is 20.8. The number of aromatic nitrogens is 2. The van der Waals surface area contributed by atoms with Crippen LogP contribution in [0.2, 0.25) is 0 Å². The molecule has 3 aromatic rings. The molecule has 0 amide bonds. The van der Waals surface area contributed by atoms with Crippen LogP contribution in [0, 0.1) is 10.1 Å². The molecule has 152 valence electrons. The quantitative estimate of drug-likeness (QED) is 0.167. The topological polar surface area (TPSA) is 100 Å². The molecule has 0 saturated carbocycles. The van der Waals surface area contributed by atoms with E-state index in [1.165, 1.54) is 23.9 Å². The predicted molar refractivity (Wildman–Crippen MR) is 112 cm³/mol. The van der Waals surface area contributed by atoms with Crippen LogP contribution in [-0.4, -0.2) is 27.2 Å². The predicted octanol–water partition coefficient (Wildman–Crippen LogP) is 4.48. The van der Waals surface area contributed by atoms with E-state index in [1.54, 1.807) is 28.2 Å². The van der Waals surface area contributed by atoms with Crippen molar-refractivity contribution < 1.29 is 14.1 Å². The van der Waals surface area contributed by atoms with Gasteiger partial charge in [-0.1, -0.05) is 23.9 Å². The van der Waals surface area contributed by atoms with Gasteiger partial charge in [-0.05, 0) is 50.0 Å². The Labute approximate surface area is 171 Å². The van der Waals surface area contributed by atoms with E-state index in [-0.39, 0.29) is 17.5 Å². The van der Waals surface area contributed by atoms with E-state index in [0.717, 1.165) is 0 Å². The molecule has 2 heterocycles. The highest BCUT2D eigenvalue weighted by Crippen LogP contribution is 2.22. The summed E-state index contributed by atoms with van der Waals surface area (Å²) in [5.41, 5.74) is 0.515. The Balaban J connectivity index is 1.83. The molecular weight excluding hydrogens is 394 g/mol. The standard InChI is InChI=1S/C20H21N3O5S/c1-14(2)27-12-5-11-22-19(24)16-6-3-4-7-17(16)21-20(22)29-13-10-15-8-9-18(28-15)23(25)26/h3-4,6-10,13-14H,5,11-12H2,1-2H3. The molecule has 1 aromatic carbocycles. The van der Waals surface area contributed by atoms with Crippen molar-refractivity contribution in [2.24, 2.45) is 0 Å². The van der Waals surface area contributed by atoms with Crippen LogP contribution in [-0.2, 0) is 11.3 Å². The SMILES string of the molecule is CC(C)OCCCn1c(SC=Cc2ccc([N+](=O)[O-])o2)nc2ccccc2c1=O.